The van der Waals surface area contributed by atoms with Gasteiger partial charge in [-0.05, 0) is 161 Å². The van der Waals surface area contributed by atoms with E-state index in [0.717, 1.165) is 180 Å². The summed E-state index contributed by atoms with van der Waals surface area (Å²) in [7, 11) is -9.98. The summed E-state index contributed by atoms with van der Waals surface area (Å²) in [6, 6.07) is 0. The maximum atomic E-state index is 13.1. The molecule has 0 fully saturated rings. The zero-order valence-corrected chi connectivity index (χ0v) is 67.2. The number of phosphoric ester groups is 2. The average molecular weight is 1500 g/mol. The summed E-state index contributed by atoms with van der Waals surface area (Å²) in [6.07, 6.45) is 84.6. The fourth-order valence-corrected chi connectivity index (χ4v) is 12.2. The molecular formula is C85H146O17P2. The molecule has 0 aliphatic carbocycles. The molecule has 5 unspecified atom stereocenters. The van der Waals surface area contributed by atoms with E-state index in [0.29, 0.717) is 25.7 Å². The van der Waals surface area contributed by atoms with Crippen molar-refractivity contribution in [1.82, 2.24) is 0 Å². The molecule has 0 amide bonds. The van der Waals surface area contributed by atoms with Crippen LogP contribution < -0.4 is 0 Å². The van der Waals surface area contributed by atoms with Gasteiger partial charge in [-0.3, -0.25) is 37.3 Å². The molecule has 104 heavy (non-hydrogen) atoms. The average Bonchev–Trinajstić information content (AvgIpc) is 0.912. The molecule has 0 aliphatic heterocycles. The van der Waals surface area contributed by atoms with Gasteiger partial charge in [-0.2, -0.15) is 0 Å². The third-order valence-electron chi connectivity index (χ3n) is 16.9. The Kier molecular flexibility index (Phi) is 73.3. The number of phosphoric acid groups is 2. The van der Waals surface area contributed by atoms with Crippen LogP contribution >= 0.6 is 15.6 Å². The summed E-state index contributed by atoms with van der Waals surface area (Å²) in [5.41, 5.74) is 0. The number of rotatable bonds is 76. The number of unbranched alkanes of at least 4 members (excludes halogenated alkanes) is 30. The molecule has 0 bridgehead atoms. The van der Waals surface area contributed by atoms with Crippen molar-refractivity contribution < 1.29 is 80.2 Å². The van der Waals surface area contributed by atoms with Crippen LogP contribution in [0.5, 0.6) is 0 Å². The molecule has 0 spiro atoms. The zero-order valence-electron chi connectivity index (χ0n) is 65.4. The number of ether oxygens (including phenoxy) is 4. The Morgan fingerprint density at radius 3 is 0.817 bits per heavy atom. The van der Waals surface area contributed by atoms with E-state index in [2.05, 4.69) is 149 Å². The van der Waals surface area contributed by atoms with Crippen LogP contribution in [0.2, 0.25) is 0 Å². The Morgan fingerprint density at radius 1 is 0.279 bits per heavy atom. The first kappa shape index (κ1) is 99.5. The molecule has 3 N–H and O–H groups in total. The number of allylic oxidation sites excluding steroid dienone is 20. The van der Waals surface area contributed by atoms with Gasteiger partial charge in [-0.15, -0.1) is 0 Å². The van der Waals surface area contributed by atoms with Crippen LogP contribution in [-0.2, 0) is 65.4 Å². The number of aliphatic hydroxyl groups is 1. The molecule has 5 atom stereocenters. The predicted octanol–water partition coefficient (Wildman–Crippen LogP) is 23.9. The van der Waals surface area contributed by atoms with Crippen molar-refractivity contribution in [3.05, 3.63) is 122 Å². The first-order valence-corrected chi connectivity index (χ1v) is 43.8. The van der Waals surface area contributed by atoms with Crippen LogP contribution in [-0.4, -0.2) is 96.7 Å². The van der Waals surface area contributed by atoms with Gasteiger partial charge in [0.2, 0.25) is 0 Å². The van der Waals surface area contributed by atoms with Crippen molar-refractivity contribution in [3.8, 4) is 0 Å². The summed E-state index contributed by atoms with van der Waals surface area (Å²) in [6.45, 7) is 4.64. The summed E-state index contributed by atoms with van der Waals surface area (Å²) < 4.78 is 68.6. The van der Waals surface area contributed by atoms with Gasteiger partial charge in [0.25, 0.3) is 0 Å². The Morgan fingerprint density at radius 2 is 0.500 bits per heavy atom. The Bertz CT molecular complexity index is 2440. The maximum absolute atomic E-state index is 13.1. The van der Waals surface area contributed by atoms with Crippen LogP contribution in [0, 0.1) is 0 Å². The molecule has 0 saturated heterocycles. The second-order valence-corrected chi connectivity index (χ2v) is 29.9. The monoisotopic (exact) mass is 1500 g/mol. The summed E-state index contributed by atoms with van der Waals surface area (Å²) in [5.74, 6) is -2.25. The third-order valence-corrected chi connectivity index (χ3v) is 18.8. The van der Waals surface area contributed by atoms with E-state index in [1.165, 1.54) is 77.0 Å². The first-order valence-electron chi connectivity index (χ1n) is 40.8. The lowest BCUT2D eigenvalue weighted by atomic mass is 10.1. The van der Waals surface area contributed by atoms with Gasteiger partial charge in [-0.1, -0.05) is 271 Å². The minimum absolute atomic E-state index is 0.0733. The minimum Gasteiger partial charge on any atom is -0.462 e. The van der Waals surface area contributed by atoms with E-state index in [9.17, 15) is 43.2 Å². The van der Waals surface area contributed by atoms with Gasteiger partial charge >= 0.3 is 39.5 Å². The van der Waals surface area contributed by atoms with Crippen molar-refractivity contribution in [2.75, 3.05) is 39.6 Å². The SMILES string of the molecule is CC/C=C\C/C=C\C/C=C\C/C=C\CCCCC(=O)OCC(COP(=O)(O)OCC(O)COP(=O)(O)OCC(COC(=O)CCCCCCCC/C=C\C/C=C\C/C=C\CCCCC)OC(=O)CCCCCCC/C=C\C/C=C\CCCCC)OC(=O)CCCCCCC/C=C\CCCCCCCC. The highest BCUT2D eigenvalue weighted by Gasteiger charge is 2.30. The van der Waals surface area contributed by atoms with Gasteiger partial charge in [0.05, 0.1) is 26.4 Å². The summed E-state index contributed by atoms with van der Waals surface area (Å²) in [4.78, 5) is 73.1. The van der Waals surface area contributed by atoms with Crippen LogP contribution in [0.1, 0.15) is 336 Å². The van der Waals surface area contributed by atoms with E-state index in [1.54, 1.807) is 0 Å². The van der Waals surface area contributed by atoms with Gasteiger partial charge in [-0.25, -0.2) is 9.13 Å². The fraction of sp³-hybridized carbons (Fsp3) is 0.718. The molecule has 0 saturated carbocycles. The number of carbonyl (C=O) groups is 4. The van der Waals surface area contributed by atoms with E-state index < -0.39 is 97.5 Å². The van der Waals surface area contributed by atoms with Crippen molar-refractivity contribution >= 4 is 39.5 Å². The molecule has 0 aliphatic rings. The van der Waals surface area contributed by atoms with E-state index in [1.807, 2.05) is 0 Å². The topological polar surface area (TPSA) is 237 Å². The lowest BCUT2D eigenvalue weighted by Gasteiger charge is -2.21. The van der Waals surface area contributed by atoms with Crippen LogP contribution in [0.15, 0.2) is 122 Å². The normalized spacial score (nSPS) is 14.5. The second-order valence-electron chi connectivity index (χ2n) is 27.0. The largest absolute Gasteiger partial charge is 0.472 e. The highest BCUT2D eigenvalue weighted by Crippen LogP contribution is 2.45. The number of esters is 4. The zero-order chi connectivity index (χ0) is 76.0. The molecule has 0 aromatic carbocycles. The Balaban J connectivity index is 5.41. The van der Waals surface area contributed by atoms with Gasteiger partial charge in [0.15, 0.2) is 12.2 Å². The van der Waals surface area contributed by atoms with Crippen molar-refractivity contribution in [2.24, 2.45) is 0 Å². The fourth-order valence-electron chi connectivity index (χ4n) is 10.7. The Hall–Kier alpha value is -4.54. The highest BCUT2D eigenvalue weighted by molar-refractivity contribution is 7.47. The van der Waals surface area contributed by atoms with Crippen LogP contribution in [0.25, 0.3) is 0 Å². The predicted molar refractivity (Wildman–Crippen MR) is 427 cm³/mol. The quantitative estimate of drug-likeness (QED) is 0.0169. The Labute approximate surface area is 632 Å². The van der Waals surface area contributed by atoms with E-state index in [4.69, 9.17) is 37.0 Å². The van der Waals surface area contributed by atoms with Crippen LogP contribution in [0.4, 0.5) is 0 Å². The lowest BCUT2D eigenvalue weighted by molar-refractivity contribution is -0.161. The summed E-state index contributed by atoms with van der Waals surface area (Å²) >= 11 is 0. The lowest BCUT2D eigenvalue weighted by Crippen LogP contribution is -2.30. The number of aliphatic hydroxyl groups excluding tert-OH is 1. The molecular weight excluding hydrogens is 1350 g/mol. The third kappa shape index (κ3) is 75.7. The van der Waals surface area contributed by atoms with Crippen molar-refractivity contribution in [1.29, 1.82) is 0 Å². The van der Waals surface area contributed by atoms with Crippen molar-refractivity contribution in [2.45, 2.75) is 354 Å². The molecule has 0 aromatic rings. The van der Waals surface area contributed by atoms with Gasteiger partial charge < -0.3 is 33.8 Å². The number of hydrogen-bond donors (Lipinski definition) is 3. The molecule has 17 nitrogen and oxygen atoms in total. The first-order chi connectivity index (χ1) is 50.7. The number of carbonyl (C=O) groups excluding carboxylic acids is 4. The van der Waals surface area contributed by atoms with Gasteiger partial charge in [0, 0.05) is 25.7 Å². The molecule has 0 aromatic heterocycles. The minimum atomic E-state index is -4.99. The highest BCUT2D eigenvalue weighted by atomic mass is 31.2. The molecule has 0 heterocycles. The van der Waals surface area contributed by atoms with Gasteiger partial charge in [0.1, 0.15) is 19.3 Å². The number of hydrogen-bond acceptors (Lipinski definition) is 15. The standard InChI is InChI=1S/C85H146O17P2/c1-5-9-13-17-21-25-29-33-37-38-39-40-44-46-50-54-58-62-66-70-83(88)96-76-81(102-85(90)72-68-64-60-56-52-48-43-36-32-28-24-20-16-12-8-4)78-100-104(93,94)98-74-79(86)73-97-103(91,92)99-77-80(101-84(89)71-67-63-59-55-51-47-42-35-31-27-23-19-15-11-7-3)75-95-82(87)69-65-61-57-53-49-45-41-34-30-26-22-18-14-10-6-2/h10,14,21-22,24-26,28,33-37,39-43,49,53,79-81,86H,5-9,11-13,15-20,23,27,29-32,38,44-48,50-52,54-78H2,1-4H3,(H,91,92)(H,93,94)/b14-10-,25-21-,26-22-,28-24-,37-33-,40-39-,41-34-,42-35-,43-36-,53-49-. The smallest absolute Gasteiger partial charge is 0.462 e. The summed E-state index contributed by atoms with van der Waals surface area (Å²) in [5, 5.41) is 10.6. The molecule has 0 radical (unpaired) electrons. The van der Waals surface area contributed by atoms with E-state index in [-0.39, 0.29) is 25.7 Å². The molecule has 19 heteroatoms. The van der Waals surface area contributed by atoms with Crippen molar-refractivity contribution in [3.63, 3.8) is 0 Å². The molecule has 0 rings (SSSR count). The maximum Gasteiger partial charge on any atom is 0.472 e. The van der Waals surface area contributed by atoms with Crippen LogP contribution in [0.3, 0.4) is 0 Å². The second kappa shape index (κ2) is 76.6. The van der Waals surface area contributed by atoms with E-state index >= 15 is 0 Å². The molecule has 598 valence electrons.